The van der Waals surface area contributed by atoms with Gasteiger partial charge in [0.15, 0.2) is 0 Å². The van der Waals surface area contributed by atoms with Gasteiger partial charge in [0, 0.05) is 12.5 Å². The Bertz CT molecular complexity index is 384. The van der Waals surface area contributed by atoms with Gasteiger partial charge in [-0.1, -0.05) is 18.6 Å². The summed E-state index contributed by atoms with van der Waals surface area (Å²) < 4.78 is 5.55. The van der Waals surface area contributed by atoms with Crippen LogP contribution in [0.1, 0.15) is 36.4 Å². The summed E-state index contributed by atoms with van der Waals surface area (Å²) in [4.78, 5) is 0. The van der Waals surface area contributed by atoms with Crippen LogP contribution in [0.2, 0.25) is 0 Å². The highest BCUT2D eigenvalue weighted by Crippen LogP contribution is 2.39. The molecule has 2 heteroatoms. The predicted octanol–water partition coefficient (Wildman–Crippen LogP) is 2.68. The maximum Gasteiger partial charge on any atom is 0.122 e. The lowest BCUT2D eigenvalue weighted by atomic mass is 9.77. The molecule has 1 aliphatic carbocycles. The Hall–Kier alpha value is -1.02. The van der Waals surface area contributed by atoms with Gasteiger partial charge in [0.1, 0.15) is 5.75 Å². The van der Waals surface area contributed by atoms with Gasteiger partial charge < -0.3 is 10.1 Å². The first-order valence-electron chi connectivity index (χ1n) is 6.31. The van der Waals surface area contributed by atoms with Crippen molar-refractivity contribution in [1.82, 2.24) is 5.32 Å². The smallest absolute Gasteiger partial charge is 0.122 e. The van der Waals surface area contributed by atoms with Crippen LogP contribution in [0.4, 0.5) is 0 Å². The Morgan fingerprint density at radius 1 is 1.38 bits per heavy atom. The Labute approximate surface area is 97.0 Å². The van der Waals surface area contributed by atoms with E-state index in [9.17, 15) is 0 Å². The van der Waals surface area contributed by atoms with Gasteiger partial charge in [0.2, 0.25) is 0 Å². The van der Waals surface area contributed by atoms with Crippen molar-refractivity contribution in [1.29, 1.82) is 0 Å². The first kappa shape index (κ1) is 10.2. The van der Waals surface area contributed by atoms with Crippen LogP contribution in [0.5, 0.6) is 5.75 Å². The van der Waals surface area contributed by atoms with Crippen LogP contribution in [0.3, 0.4) is 0 Å². The number of hydrogen-bond donors (Lipinski definition) is 1. The molecule has 3 rings (SSSR count). The van der Waals surface area contributed by atoms with Crippen molar-refractivity contribution in [2.24, 2.45) is 5.92 Å². The van der Waals surface area contributed by atoms with Crippen molar-refractivity contribution in [2.75, 3.05) is 13.7 Å². The number of hydrogen-bond acceptors (Lipinski definition) is 2. The van der Waals surface area contributed by atoms with E-state index in [-0.39, 0.29) is 0 Å². The summed E-state index contributed by atoms with van der Waals surface area (Å²) in [7, 11) is 2.08. The molecule has 2 aliphatic rings. The third kappa shape index (κ3) is 1.61. The van der Waals surface area contributed by atoms with Crippen LogP contribution in [0, 0.1) is 5.92 Å². The highest BCUT2D eigenvalue weighted by Gasteiger charge is 2.28. The van der Waals surface area contributed by atoms with Gasteiger partial charge in [-0.2, -0.15) is 0 Å². The van der Waals surface area contributed by atoms with E-state index < -0.39 is 0 Å². The second-order valence-electron chi connectivity index (χ2n) is 4.92. The van der Waals surface area contributed by atoms with Gasteiger partial charge in [-0.05, 0) is 43.0 Å². The van der Waals surface area contributed by atoms with E-state index in [0.717, 1.165) is 24.7 Å². The molecule has 1 fully saturated rings. The highest BCUT2D eigenvalue weighted by molar-refractivity contribution is 5.41. The van der Waals surface area contributed by atoms with E-state index in [4.69, 9.17) is 4.74 Å². The third-order valence-electron chi connectivity index (χ3n) is 4.00. The Kier molecular flexibility index (Phi) is 2.60. The molecule has 1 unspecified atom stereocenters. The third-order valence-corrected chi connectivity index (χ3v) is 4.00. The zero-order valence-corrected chi connectivity index (χ0v) is 9.83. The molecule has 1 saturated carbocycles. The number of fused-ring (bicyclic) bond motifs is 1. The minimum absolute atomic E-state index is 0.541. The van der Waals surface area contributed by atoms with Crippen LogP contribution in [0.15, 0.2) is 18.2 Å². The number of ether oxygens (including phenoxy) is 1. The second-order valence-corrected chi connectivity index (χ2v) is 4.92. The van der Waals surface area contributed by atoms with E-state index in [1.54, 1.807) is 0 Å². The molecule has 0 aromatic heterocycles. The van der Waals surface area contributed by atoms with Crippen molar-refractivity contribution in [3.8, 4) is 5.75 Å². The van der Waals surface area contributed by atoms with Crippen LogP contribution >= 0.6 is 0 Å². The van der Waals surface area contributed by atoms with Crippen LogP contribution < -0.4 is 10.1 Å². The minimum Gasteiger partial charge on any atom is -0.493 e. The summed E-state index contributed by atoms with van der Waals surface area (Å²) >= 11 is 0. The molecule has 0 spiro atoms. The fraction of sp³-hybridized carbons (Fsp3) is 0.571. The predicted molar refractivity (Wildman–Crippen MR) is 64.8 cm³/mol. The molecule has 1 aliphatic heterocycles. The molecule has 0 bridgehead atoms. The molecular formula is C14H19NO. The minimum atomic E-state index is 0.541. The SMILES string of the molecule is CNC(c1ccc2c(c1)CCO2)C1CCC1. The van der Waals surface area contributed by atoms with Crippen LogP contribution in [-0.4, -0.2) is 13.7 Å². The topological polar surface area (TPSA) is 21.3 Å². The number of nitrogens with one attached hydrogen (secondary N) is 1. The maximum absolute atomic E-state index is 5.55. The van der Waals surface area contributed by atoms with Crippen LogP contribution in [0.25, 0.3) is 0 Å². The van der Waals surface area contributed by atoms with Gasteiger partial charge in [-0.3, -0.25) is 0 Å². The summed E-state index contributed by atoms with van der Waals surface area (Å²) in [5.41, 5.74) is 2.83. The van der Waals surface area contributed by atoms with Crippen molar-refractivity contribution >= 4 is 0 Å². The van der Waals surface area contributed by atoms with Crippen molar-refractivity contribution in [2.45, 2.75) is 31.7 Å². The van der Waals surface area contributed by atoms with E-state index in [1.807, 2.05) is 0 Å². The summed E-state index contributed by atoms with van der Waals surface area (Å²) in [5, 5.41) is 3.47. The maximum atomic E-state index is 5.55. The van der Waals surface area contributed by atoms with E-state index in [0.29, 0.717) is 6.04 Å². The summed E-state index contributed by atoms with van der Waals surface area (Å²) in [6.07, 6.45) is 5.22. The average molecular weight is 217 g/mol. The van der Waals surface area contributed by atoms with Gasteiger partial charge >= 0.3 is 0 Å². The largest absolute Gasteiger partial charge is 0.493 e. The second kappa shape index (κ2) is 4.10. The van der Waals surface area contributed by atoms with Gasteiger partial charge in [-0.15, -0.1) is 0 Å². The van der Waals surface area contributed by atoms with E-state index in [2.05, 4.69) is 30.6 Å². The number of rotatable bonds is 3. The molecule has 1 heterocycles. The Morgan fingerprint density at radius 3 is 2.94 bits per heavy atom. The lowest BCUT2D eigenvalue weighted by molar-refractivity contribution is 0.239. The molecule has 1 aromatic rings. The molecule has 0 saturated heterocycles. The van der Waals surface area contributed by atoms with Gasteiger partial charge in [0.25, 0.3) is 0 Å². The highest BCUT2D eigenvalue weighted by atomic mass is 16.5. The van der Waals surface area contributed by atoms with Gasteiger partial charge in [0.05, 0.1) is 6.61 Å². The zero-order valence-electron chi connectivity index (χ0n) is 9.83. The van der Waals surface area contributed by atoms with Crippen molar-refractivity contribution < 1.29 is 4.74 Å². The lowest BCUT2D eigenvalue weighted by Gasteiger charge is -2.34. The fourth-order valence-electron chi connectivity index (χ4n) is 2.85. The molecule has 0 radical (unpaired) electrons. The van der Waals surface area contributed by atoms with E-state index >= 15 is 0 Å². The Morgan fingerprint density at radius 2 is 2.25 bits per heavy atom. The molecule has 1 N–H and O–H groups in total. The normalized spacial score (nSPS) is 21.1. The van der Waals surface area contributed by atoms with Crippen LogP contribution in [-0.2, 0) is 6.42 Å². The number of benzene rings is 1. The van der Waals surface area contributed by atoms with E-state index in [1.165, 1.54) is 30.4 Å². The molecule has 1 aromatic carbocycles. The molecule has 16 heavy (non-hydrogen) atoms. The fourth-order valence-corrected chi connectivity index (χ4v) is 2.85. The van der Waals surface area contributed by atoms with Crippen molar-refractivity contribution in [3.05, 3.63) is 29.3 Å². The standard InChI is InChI=1S/C14H19NO/c1-15-14(10-3-2-4-10)12-5-6-13-11(9-12)7-8-16-13/h5-6,9-10,14-15H,2-4,7-8H2,1H3. The molecule has 86 valence electrons. The monoisotopic (exact) mass is 217 g/mol. The van der Waals surface area contributed by atoms with Crippen molar-refractivity contribution in [3.63, 3.8) is 0 Å². The summed E-state index contributed by atoms with van der Waals surface area (Å²) in [6, 6.07) is 7.24. The average Bonchev–Trinajstić information content (AvgIpc) is 2.69. The molecular weight excluding hydrogens is 198 g/mol. The lowest BCUT2D eigenvalue weighted by Crippen LogP contribution is -2.29. The zero-order chi connectivity index (χ0) is 11.0. The quantitative estimate of drug-likeness (QED) is 0.840. The molecule has 0 amide bonds. The first-order valence-corrected chi connectivity index (χ1v) is 6.31. The summed E-state index contributed by atoms with van der Waals surface area (Å²) in [5.74, 6) is 1.93. The molecule has 1 atom stereocenters. The van der Waals surface area contributed by atoms with Gasteiger partial charge in [-0.25, -0.2) is 0 Å². The molecule has 2 nitrogen and oxygen atoms in total. The first-order chi connectivity index (χ1) is 7.88. The summed E-state index contributed by atoms with van der Waals surface area (Å²) in [6.45, 7) is 0.854. The Balaban J connectivity index is 1.86.